The molecule has 0 saturated heterocycles. The zero-order valence-electron chi connectivity index (χ0n) is 18.1. The number of rotatable bonds is 7. The van der Waals surface area contributed by atoms with Gasteiger partial charge in [0.2, 0.25) is 5.91 Å². The highest BCUT2D eigenvalue weighted by Gasteiger charge is 2.18. The van der Waals surface area contributed by atoms with Gasteiger partial charge in [-0.25, -0.2) is 4.79 Å². The molecule has 33 heavy (non-hydrogen) atoms. The van der Waals surface area contributed by atoms with Crippen LogP contribution in [0.15, 0.2) is 69.6 Å². The summed E-state index contributed by atoms with van der Waals surface area (Å²) in [4.78, 5) is 39.1. The molecular weight excluding hydrogens is 462 g/mol. The third-order valence-electron chi connectivity index (χ3n) is 5.42. The summed E-state index contributed by atoms with van der Waals surface area (Å²) >= 11 is 7.48. The second-order valence-corrected chi connectivity index (χ2v) is 8.87. The van der Waals surface area contributed by atoms with Crippen molar-refractivity contribution in [3.63, 3.8) is 0 Å². The number of benzene rings is 2. The van der Waals surface area contributed by atoms with Gasteiger partial charge in [-0.3, -0.25) is 18.7 Å². The molecule has 7 nitrogen and oxygen atoms in total. The van der Waals surface area contributed by atoms with Crippen molar-refractivity contribution in [2.45, 2.75) is 26.1 Å². The molecule has 2 heterocycles. The number of carbonyl (C=O) groups excluding carboxylic acids is 1. The quantitative estimate of drug-likeness (QED) is 0.433. The first-order valence-electron chi connectivity index (χ1n) is 10.3. The van der Waals surface area contributed by atoms with Crippen LogP contribution in [0.5, 0.6) is 5.75 Å². The van der Waals surface area contributed by atoms with E-state index in [9.17, 15) is 14.4 Å². The molecule has 0 aliphatic carbocycles. The van der Waals surface area contributed by atoms with Crippen LogP contribution in [0.4, 0.5) is 0 Å². The van der Waals surface area contributed by atoms with E-state index < -0.39 is 11.2 Å². The van der Waals surface area contributed by atoms with Gasteiger partial charge in [0, 0.05) is 5.02 Å². The van der Waals surface area contributed by atoms with Crippen LogP contribution in [0.3, 0.4) is 0 Å². The molecule has 1 amide bonds. The topological polar surface area (TPSA) is 82.3 Å². The van der Waals surface area contributed by atoms with E-state index in [-0.39, 0.29) is 25.0 Å². The lowest BCUT2D eigenvalue weighted by molar-refractivity contribution is -0.122. The molecule has 2 aromatic carbocycles. The Bertz CT molecular complexity index is 1420. The molecule has 0 aliphatic rings. The minimum absolute atomic E-state index is 0.0229. The van der Waals surface area contributed by atoms with Crippen molar-refractivity contribution < 1.29 is 9.53 Å². The summed E-state index contributed by atoms with van der Waals surface area (Å²) in [7, 11) is 1.59. The van der Waals surface area contributed by atoms with Gasteiger partial charge < -0.3 is 10.1 Å². The van der Waals surface area contributed by atoms with Crippen molar-refractivity contribution in [3.05, 3.63) is 97.0 Å². The highest BCUT2D eigenvalue weighted by atomic mass is 35.5. The fourth-order valence-electron chi connectivity index (χ4n) is 3.63. The summed E-state index contributed by atoms with van der Waals surface area (Å²) < 4.78 is 8.04. The third kappa shape index (κ3) is 4.72. The van der Waals surface area contributed by atoms with Crippen molar-refractivity contribution in [1.29, 1.82) is 0 Å². The summed E-state index contributed by atoms with van der Waals surface area (Å²) in [6.45, 7) is 1.67. The van der Waals surface area contributed by atoms with Gasteiger partial charge in [-0.05, 0) is 47.7 Å². The molecule has 0 unspecified atom stereocenters. The van der Waals surface area contributed by atoms with Gasteiger partial charge in [0.15, 0.2) is 0 Å². The molecule has 2 aromatic heterocycles. The number of amides is 1. The average molecular weight is 484 g/mol. The van der Waals surface area contributed by atoms with Crippen LogP contribution in [0.2, 0.25) is 5.02 Å². The molecular formula is C24H22ClN3O4S. The van der Waals surface area contributed by atoms with Crippen molar-refractivity contribution in [2.24, 2.45) is 0 Å². The van der Waals surface area contributed by atoms with Crippen LogP contribution in [0.1, 0.15) is 24.1 Å². The number of aromatic nitrogens is 2. The Hall–Kier alpha value is -3.36. The van der Waals surface area contributed by atoms with Crippen molar-refractivity contribution >= 4 is 39.1 Å². The Labute approximate surface area is 198 Å². The molecule has 4 aromatic rings. The van der Waals surface area contributed by atoms with Crippen molar-refractivity contribution in [2.75, 3.05) is 7.11 Å². The number of methoxy groups -OCH3 is 1. The van der Waals surface area contributed by atoms with E-state index in [0.29, 0.717) is 20.8 Å². The second-order valence-electron chi connectivity index (χ2n) is 7.55. The molecule has 170 valence electrons. The van der Waals surface area contributed by atoms with Gasteiger partial charge in [0.05, 0.1) is 25.2 Å². The Morgan fingerprint density at radius 1 is 1.09 bits per heavy atom. The van der Waals surface area contributed by atoms with Crippen molar-refractivity contribution in [1.82, 2.24) is 14.5 Å². The normalized spacial score (nSPS) is 12.0. The summed E-state index contributed by atoms with van der Waals surface area (Å²) in [6.07, 6.45) is 0. The number of hydrogen-bond donors (Lipinski definition) is 1. The van der Waals surface area contributed by atoms with Crippen LogP contribution in [-0.2, 0) is 17.9 Å². The van der Waals surface area contributed by atoms with Crippen molar-refractivity contribution in [3.8, 4) is 5.75 Å². The number of nitrogens with zero attached hydrogens (tertiary/aromatic N) is 2. The lowest BCUT2D eigenvalue weighted by atomic mass is 10.1. The third-order valence-corrected chi connectivity index (χ3v) is 6.68. The standard InChI is InChI=1S/C24H22ClN3O4S/c1-15(16-7-9-18(32-2)10-8-16)26-21(29)14-27-20-11-12-33-22(20)23(30)28(24(27)31)13-17-5-3-4-6-19(17)25/h3-12,15H,13-14H2,1-2H3,(H,26,29)/t15-/m0/s1. The molecule has 0 bridgehead atoms. The molecule has 0 aliphatic heterocycles. The van der Waals surface area contributed by atoms with E-state index in [1.54, 1.807) is 42.8 Å². The molecule has 1 N–H and O–H groups in total. The number of fused-ring (bicyclic) bond motifs is 1. The number of hydrogen-bond acceptors (Lipinski definition) is 5. The number of carbonyl (C=O) groups is 1. The average Bonchev–Trinajstić information content (AvgIpc) is 3.31. The molecule has 0 fully saturated rings. The summed E-state index contributed by atoms with van der Waals surface area (Å²) in [5, 5.41) is 5.12. The lowest BCUT2D eigenvalue weighted by Crippen LogP contribution is -2.42. The fraction of sp³-hybridized carbons (Fsp3) is 0.208. The van der Waals surface area contributed by atoms with E-state index in [0.717, 1.165) is 15.9 Å². The van der Waals surface area contributed by atoms with E-state index in [1.165, 1.54) is 15.9 Å². The van der Waals surface area contributed by atoms with E-state index in [2.05, 4.69) is 5.32 Å². The number of thiophene rings is 1. The maximum atomic E-state index is 13.3. The molecule has 0 saturated carbocycles. The highest BCUT2D eigenvalue weighted by Crippen LogP contribution is 2.19. The predicted octanol–water partition coefficient (Wildman–Crippen LogP) is 3.81. The number of nitrogens with one attached hydrogen (secondary N) is 1. The molecule has 0 radical (unpaired) electrons. The monoisotopic (exact) mass is 483 g/mol. The largest absolute Gasteiger partial charge is 0.497 e. The van der Waals surface area contributed by atoms with Crippen LogP contribution in [-0.4, -0.2) is 22.2 Å². The zero-order valence-corrected chi connectivity index (χ0v) is 19.7. The summed E-state index contributed by atoms with van der Waals surface area (Å²) in [5.74, 6) is 0.389. The van der Waals surface area contributed by atoms with Crippen LogP contribution >= 0.6 is 22.9 Å². The van der Waals surface area contributed by atoms with Crippen LogP contribution in [0.25, 0.3) is 10.2 Å². The smallest absolute Gasteiger partial charge is 0.332 e. The minimum Gasteiger partial charge on any atom is -0.497 e. The Morgan fingerprint density at radius 2 is 1.82 bits per heavy atom. The van der Waals surface area contributed by atoms with Gasteiger partial charge in [0.1, 0.15) is 17.0 Å². The summed E-state index contributed by atoms with van der Waals surface area (Å²) in [6, 6.07) is 15.8. The van der Waals surface area contributed by atoms with Gasteiger partial charge in [0.25, 0.3) is 5.56 Å². The Kier molecular flexibility index (Phi) is 6.67. The van der Waals surface area contributed by atoms with Gasteiger partial charge in [-0.1, -0.05) is 41.9 Å². The SMILES string of the molecule is COc1ccc([C@H](C)NC(=O)Cn2c(=O)n(Cc3ccccc3Cl)c(=O)c3sccc32)cc1. The van der Waals surface area contributed by atoms with Gasteiger partial charge in [-0.15, -0.1) is 11.3 Å². The molecule has 0 spiro atoms. The first kappa shape index (κ1) is 22.8. The van der Waals surface area contributed by atoms with Gasteiger partial charge in [-0.2, -0.15) is 0 Å². The fourth-order valence-corrected chi connectivity index (χ4v) is 4.67. The summed E-state index contributed by atoms with van der Waals surface area (Å²) in [5.41, 5.74) is 1.04. The Morgan fingerprint density at radius 3 is 2.52 bits per heavy atom. The second kappa shape index (κ2) is 9.64. The molecule has 4 rings (SSSR count). The number of ether oxygens (including phenoxy) is 1. The highest BCUT2D eigenvalue weighted by molar-refractivity contribution is 7.17. The number of halogens is 1. The van der Waals surface area contributed by atoms with Gasteiger partial charge >= 0.3 is 5.69 Å². The first-order valence-corrected chi connectivity index (χ1v) is 11.5. The lowest BCUT2D eigenvalue weighted by Gasteiger charge is -2.17. The van der Waals surface area contributed by atoms with Crippen LogP contribution < -0.4 is 21.3 Å². The predicted molar refractivity (Wildman–Crippen MR) is 130 cm³/mol. The maximum Gasteiger partial charge on any atom is 0.332 e. The molecule has 1 atom stereocenters. The first-order chi connectivity index (χ1) is 15.9. The molecule has 9 heteroatoms. The zero-order chi connectivity index (χ0) is 23.5. The van der Waals surface area contributed by atoms with E-state index in [4.69, 9.17) is 16.3 Å². The minimum atomic E-state index is -0.557. The van der Waals surface area contributed by atoms with Crippen LogP contribution in [0, 0.1) is 0 Å². The van der Waals surface area contributed by atoms with E-state index in [1.807, 2.05) is 31.2 Å². The maximum absolute atomic E-state index is 13.3. The van der Waals surface area contributed by atoms with E-state index >= 15 is 0 Å². The Balaban J connectivity index is 1.63.